The maximum atomic E-state index is 12.3. The van der Waals surface area contributed by atoms with Crippen LogP contribution in [-0.2, 0) is 6.54 Å². The molecule has 6 nitrogen and oxygen atoms in total. The van der Waals surface area contributed by atoms with Crippen molar-refractivity contribution >= 4 is 17.4 Å². The smallest absolute Gasteiger partial charge is 0.323 e. The van der Waals surface area contributed by atoms with E-state index in [9.17, 15) is 4.79 Å². The second kappa shape index (κ2) is 10.5. The van der Waals surface area contributed by atoms with Crippen LogP contribution < -0.4 is 15.4 Å². The molecule has 2 N–H and O–H groups in total. The minimum absolute atomic E-state index is 0.167. The summed E-state index contributed by atoms with van der Waals surface area (Å²) in [7, 11) is 0. The Morgan fingerprint density at radius 3 is 2.34 bits per heavy atom. The topological polar surface area (TPSA) is 77.4 Å². The summed E-state index contributed by atoms with van der Waals surface area (Å²) < 4.78 is 6.19. The second-order valence-electron chi connectivity index (χ2n) is 7.88. The minimum Gasteiger partial charge on any atom is -0.490 e. The number of benzene rings is 3. The molecule has 0 bridgehead atoms. The highest BCUT2D eigenvalue weighted by Crippen LogP contribution is 2.23. The molecular weight excluding hydrogens is 400 g/mol. The Kier molecular flexibility index (Phi) is 7.01. The Morgan fingerprint density at radius 2 is 1.62 bits per heavy atom. The quantitative estimate of drug-likeness (QED) is 0.565. The molecule has 2 amide bonds. The maximum absolute atomic E-state index is 12.3. The monoisotopic (exact) mass is 426 g/mol. The average Bonchev–Trinajstić information content (AvgIpc) is 2.81. The van der Waals surface area contributed by atoms with Gasteiger partial charge >= 0.3 is 6.03 Å². The molecule has 1 heterocycles. The number of nitrogens with one attached hydrogen (secondary N) is 2. The Bertz CT molecular complexity index is 1090. The lowest BCUT2D eigenvalue weighted by Gasteiger charge is -2.32. The predicted octanol–water partition coefficient (Wildman–Crippen LogP) is 5.25. The highest BCUT2D eigenvalue weighted by atomic mass is 16.5. The van der Waals surface area contributed by atoms with Crippen LogP contribution in [-0.4, -0.2) is 30.1 Å². The van der Waals surface area contributed by atoms with Gasteiger partial charge in [0, 0.05) is 37.1 Å². The zero-order valence-electron chi connectivity index (χ0n) is 17.8. The summed E-state index contributed by atoms with van der Waals surface area (Å²) >= 11 is 0. The highest BCUT2D eigenvalue weighted by Gasteiger charge is 2.20. The van der Waals surface area contributed by atoms with E-state index in [1.165, 1.54) is 5.56 Å². The number of nitriles is 1. The number of hydrogen-bond acceptors (Lipinski definition) is 4. The Labute approximate surface area is 188 Å². The number of piperidine rings is 1. The number of amides is 2. The lowest BCUT2D eigenvalue weighted by atomic mass is 10.1. The van der Waals surface area contributed by atoms with Gasteiger partial charge in [-0.05, 0) is 48.7 Å². The molecule has 0 aliphatic carbocycles. The van der Waals surface area contributed by atoms with Crippen LogP contribution in [0.15, 0.2) is 78.9 Å². The summed E-state index contributed by atoms with van der Waals surface area (Å²) in [5.41, 5.74) is 3.05. The van der Waals surface area contributed by atoms with E-state index in [4.69, 9.17) is 10.00 Å². The molecule has 1 aliphatic heterocycles. The summed E-state index contributed by atoms with van der Waals surface area (Å²) in [6, 6.07) is 26.4. The first kappa shape index (κ1) is 21.4. The van der Waals surface area contributed by atoms with Gasteiger partial charge in [-0.15, -0.1) is 0 Å². The van der Waals surface area contributed by atoms with Gasteiger partial charge in [0.2, 0.25) is 0 Å². The van der Waals surface area contributed by atoms with Crippen molar-refractivity contribution in [3.8, 4) is 11.8 Å². The lowest BCUT2D eigenvalue weighted by Crippen LogP contribution is -2.37. The van der Waals surface area contributed by atoms with E-state index in [1.807, 2.05) is 30.3 Å². The molecular formula is C26H26N4O2. The molecule has 0 saturated carbocycles. The fraction of sp³-hybridized carbons (Fsp3) is 0.231. The van der Waals surface area contributed by atoms with Crippen LogP contribution in [0.25, 0.3) is 0 Å². The Balaban J connectivity index is 1.27. The van der Waals surface area contributed by atoms with Gasteiger partial charge in [-0.2, -0.15) is 5.26 Å². The number of likely N-dealkylation sites (tertiary alicyclic amines) is 1. The van der Waals surface area contributed by atoms with E-state index >= 15 is 0 Å². The predicted molar refractivity (Wildman–Crippen MR) is 126 cm³/mol. The zero-order valence-corrected chi connectivity index (χ0v) is 17.8. The van der Waals surface area contributed by atoms with Crippen molar-refractivity contribution in [1.29, 1.82) is 5.26 Å². The summed E-state index contributed by atoms with van der Waals surface area (Å²) in [4.78, 5) is 14.8. The lowest BCUT2D eigenvalue weighted by molar-refractivity contribution is 0.0968. The van der Waals surface area contributed by atoms with E-state index in [2.05, 4.69) is 45.9 Å². The number of urea groups is 1. The number of rotatable bonds is 6. The number of ether oxygens (including phenoxy) is 1. The van der Waals surface area contributed by atoms with Crippen LogP contribution >= 0.6 is 0 Å². The number of hydrogen-bond donors (Lipinski definition) is 2. The van der Waals surface area contributed by atoms with Crippen LogP contribution in [0.1, 0.15) is 24.0 Å². The van der Waals surface area contributed by atoms with Gasteiger partial charge in [-0.25, -0.2) is 4.79 Å². The number of carbonyl (C=O) groups excluding carboxylic acids is 1. The highest BCUT2D eigenvalue weighted by molar-refractivity contribution is 5.99. The fourth-order valence-corrected chi connectivity index (χ4v) is 3.83. The van der Waals surface area contributed by atoms with Crippen molar-refractivity contribution in [3.05, 3.63) is 90.0 Å². The van der Waals surface area contributed by atoms with Gasteiger partial charge in [-0.3, -0.25) is 4.90 Å². The van der Waals surface area contributed by atoms with Crippen LogP contribution in [0.3, 0.4) is 0 Å². The molecule has 3 aromatic rings. The largest absolute Gasteiger partial charge is 0.490 e. The van der Waals surface area contributed by atoms with E-state index in [0.29, 0.717) is 16.9 Å². The van der Waals surface area contributed by atoms with Crippen LogP contribution in [0.4, 0.5) is 16.2 Å². The first-order valence-electron chi connectivity index (χ1n) is 10.8. The molecule has 1 fully saturated rings. The summed E-state index contributed by atoms with van der Waals surface area (Å²) in [5.74, 6) is 0.746. The van der Waals surface area contributed by atoms with Crippen molar-refractivity contribution in [1.82, 2.24) is 4.90 Å². The van der Waals surface area contributed by atoms with E-state index in [0.717, 1.165) is 38.2 Å². The van der Waals surface area contributed by atoms with Gasteiger partial charge < -0.3 is 15.4 Å². The summed E-state index contributed by atoms with van der Waals surface area (Å²) in [5, 5.41) is 14.5. The molecule has 0 aromatic heterocycles. The molecule has 6 heteroatoms. The molecule has 162 valence electrons. The molecule has 0 atom stereocenters. The van der Waals surface area contributed by atoms with Crippen molar-refractivity contribution in [2.75, 3.05) is 23.7 Å². The fourth-order valence-electron chi connectivity index (χ4n) is 3.83. The van der Waals surface area contributed by atoms with Gasteiger partial charge in [-0.1, -0.05) is 42.5 Å². The van der Waals surface area contributed by atoms with Crippen LogP contribution in [0.2, 0.25) is 0 Å². The van der Waals surface area contributed by atoms with Crippen molar-refractivity contribution in [2.24, 2.45) is 0 Å². The SMILES string of the molecule is N#Cc1cccc(NC(=O)Nc2cccc(OC3CCN(Cc4ccccc4)CC3)c2)c1. The summed E-state index contributed by atoms with van der Waals surface area (Å²) in [6.07, 6.45) is 2.11. The summed E-state index contributed by atoms with van der Waals surface area (Å²) in [6.45, 7) is 2.97. The maximum Gasteiger partial charge on any atom is 0.323 e. The Morgan fingerprint density at radius 1 is 0.938 bits per heavy atom. The third-order valence-corrected chi connectivity index (χ3v) is 5.43. The van der Waals surface area contributed by atoms with Gasteiger partial charge in [0.05, 0.1) is 11.6 Å². The van der Waals surface area contributed by atoms with Crippen molar-refractivity contribution in [2.45, 2.75) is 25.5 Å². The van der Waals surface area contributed by atoms with Gasteiger partial charge in [0.1, 0.15) is 11.9 Å². The average molecular weight is 427 g/mol. The van der Waals surface area contributed by atoms with E-state index in [1.54, 1.807) is 24.3 Å². The molecule has 1 aliphatic rings. The number of carbonyl (C=O) groups is 1. The van der Waals surface area contributed by atoms with Crippen molar-refractivity contribution < 1.29 is 9.53 Å². The molecule has 4 rings (SSSR count). The minimum atomic E-state index is -0.369. The van der Waals surface area contributed by atoms with E-state index < -0.39 is 0 Å². The molecule has 0 unspecified atom stereocenters. The molecule has 1 saturated heterocycles. The molecule has 0 radical (unpaired) electrons. The normalized spacial score (nSPS) is 14.3. The standard InChI is InChI=1S/C26H26N4O2/c27-18-21-8-4-9-22(16-21)28-26(31)29-23-10-5-11-25(17-23)32-24-12-14-30(15-13-24)19-20-6-2-1-3-7-20/h1-11,16-17,24H,12-15,19H2,(H2,28,29,31). The van der Waals surface area contributed by atoms with Gasteiger partial charge in [0.15, 0.2) is 0 Å². The number of nitrogens with zero attached hydrogens (tertiary/aromatic N) is 2. The zero-order chi connectivity index (χ0) is 22.2. The van der Waals surface area contributed by atoms with Crippen LogP contribution in [0, 0.1) is 11.3 Å². The second-order valence-corrected chi connectivity index (χ2v) is 7.88. The molecule has 32 heavy (non-hydrogen) atoms. The first-order valence-corrected chi connectivity index (χ1v) is 10.8. The van der Waals surface area contributed by atoms with Crippen LogP contribution in [0.5, 0.6) is 5.75 Å². The Hall–Kier alpha value is -3.82. The molecule has 3 aromatic carbocycles. The third kappa shape index (κ3) is 6.10. The third-order valence-electron chi connectivity index (χ3n) is 5.43. The van der Waals surface area contributed by atoms with E-state index in [-0.39, 0.29) is 12.1 Å². The first-order chi connectivity index (χ1) is 15.7. The number of anilines is 2. The molecule has 0 spiro atoms. The van der Waals surface area contributed by atoms with Gasteiger partial charge in [0.25, 0.3) is 0 Å². The van der Waals surface area contributed by atoms with Crippen molar-refractivity contribution in [3.63, 3.8) is 0 Å².